The maximum atomic E-state index is 13.0. The lowest BCUT2D eigenvalue weighted by atomic mass is 9.84. The summed E-state index contributed by atoms with van der Waals surface area (Å²) in [4.78, 5) is 2.13. The summed E-state index contributed by atoms with van der Waals surface area (Å²) < 4.78 is 70.5. The van der Waals surface area contributed by atoms with Gasteiger partial charge in [0.2, 0.25) is 0 Å². The molecule has 2 heterocycles. The molecule has 0 amide bonds. The van der Waals surface area contributed by atoms with E-state index in [1.54, 1.807) is 12.1 Å². The number of alkyl halides is 3. The van der Waals surface area contributed by atoms with E-state index in [-0.39, 0.29) is 29.5 Å². The minimum atomic E-state index is -4.39. The molecule has 0 spiro atoms. The Kier molecular flexibility index (Phi) is 7.43. The summed E-state index contributed by atoms with van der Waals surface area (Å²) in [6.07, 6.45) is -3.94. The molecule has 1 radical (unpaired) electrons. The van der Waals surface area contributed by atoms with Crippen molar-refractivity contribution in [3.05, 3.63) is 71.3 Å². The SMILES string of the molecule is O=S(=O)(Cc1ccccc1)CC1CC(c2ccc(C(F)(F)F)cc2)CN(C2COCC[N]2)C1. The van der Waals surface area contributed by atoms with Crippen LogP contribution in [0.1, 0.15) is 29.0 Å². The standard InChI is InChI=1S/C24H28F3N2O3S/c25-24(26,27)22-8-6-20(7-9-22)21-12-19(13-29(14-21)23-15-32-11-10-28-23)17-33(30,31)16-18-4-2-1-3-5-18/h1-9,19,21,23H,10-17H2. The fraction of sp³-hybridized carbons (Fsp3) is 0.500. The van der Waals surface area contributed by atoms with Gasteiger partial charge in [-0.15, -0.1) is 0 Å². The summed E-state index contributed by atoms with van der Waals surface area (Å²) in [5.74, 6) is -0.207. The smallest absolute Gasteiger partial charge is 0.377 e. The van der Waals surface area contributed by atoms with Crippen molar-refractivity contribution in [1.82, 2.24) is 10.2 Å². The van der Waals surface area contributed by atoms with Gasteiger partial charge in [-0.1, -0.05) is 42.5 Å². The van der Waals surface area contributed by atoms with Gasteiger partial charge in [0.1, 0.15) is 0 Å². The first kappa shape index (κ1) is 24.2. The number of likely N-dealkylation sites (tertiary alicyclic amines) is 1. The molecule has 4 rings (SSSR count). The maximum Gasteiger partial charge on any atom is 0.416 e. The molecule has 5 nitrogen and oxygen atoms in total. The molecule has 0 N–H and O–H groups in total. The Labute approximate surface area is 192 Å². The Balaban J connectivity index is 1.52. The molecule has 0 aromatic heterocycles. The highest BCUT2D eigenvalue weighted by Gasteiger charge is 2.36. The van der Waals surface area contributed by atoms with Crippen LogP contribution in [0.15, 0.2) is 54.6 Å². The lowest BCUT2D eigenvalue weighted by Gasteiger charge is -2.42. The second kappa shape index (κ2) is 10.1. The van der Waals surface area contributed by atoms with Crippen LogP contribution in [-0.2, 0) is 26.5 Å². The van der Waals surface area contributed by atoms with Gasteiger partial charge in [-0.2, -0.15) is 13.2 Å². The number of ether oxygens (including phenoxy) is 1. The molecule has 2 aliphatic rings. The summed E-state index contributed by atoms with van der Waals surface area (Å²) in [5.41, 5.74) is 0.853. The van der Waals surface area contributed by atoms with Crippen LogP contribution in [0.2, 0.25) is 0 Å². The first-order valence-electron chi connectivity index (χ1n) is 11.1. The Morgan fingerprint density at radius 2 is 1.76 bits per heavy atom. The van der Waals surface area contributed by atoms with Gasteiger partial charge in [0.15, 0.2) is 9.84 Å². The number of sulfone groups is 1. The van der Waals surface area contributed by atoms with Crippen LogP contribution in [0.3, 0.4) is 0 Å². The molecule has 2 aliphatic heterocycles. The van der Waals surface area contributed by atoms with E-state index >= 15 is 0 Å². The van der Waals surface area contributed by atoms with Gasteiger partial charge < -0.3 is 4.74 Å². The van der Waals surface area contributed by atoms with E-state index in [2.05, 4.69) is 10.2 Å². The van der Waals surface area contributed by atoms with Crippen LogP contribution in [0.5, 0.6) is 0 Å². The largest absolute Gasteiger partial charge is 0.416 e. The molecule has 9 heteroatoms. The van der Waals surface area contributed by atoms with Crippen molar-refractivity contribution in [1.29, 1.82) is 0 Å². The fourth-order valence-corrected chi connectivity index (χ4v) is 6.54. The van der Waals surface area contributed by atoms with Crippen LogP contribution in [-0.4, -0.2) is 58.1 Å². The van der Waals surface area contributed by atoms with Crippen LogP contribution < -0.4 is 5.32 Å². The summed E-state index contributed by atoms with van der Waals surface area (Å²) in [7, 11) is -3.36. The predicted octanol–water partition coefficient (Wildman–Crippen LogP) is 3.69. The molecule has 2 saturated heterocycles. The minimum absolute atomic E-state index is 0.0216. The lowest BCUT2D eigenvalue weighted by molar-refractivity contribution is -0.137. The molecular formula is C24H28F3N2O3S. The fourth-order valence-electron chi connectivity index (χ4n) is 4.77. The highest BCUT2D eigenvalue weighted by atomic mass is 32.2. The molecule has 3 unspecified atom stereocenters. The summed E-state index contributed by atoms with van der Waals surface area (Å²) in [5, 5.41) is 4.63. The highest BCUT2D eigenvalue weighted by Crippen LogP contribution is 2.35. The molecule has 2 aromatic carbocycles. The second-order valence-electron chi connectivity index (χ2n) is 8.87. The zero-order valence-corrected chi connectivity index (χ0v) is 19.1. The zero-order valence-electron chi connectivity index (χ0n) is 18.2. The van der Waals surface area contributed by atoms with Crippen molar-refractivity contribution in [2.24, 2.45) is 5.92 Å². The number of hydrogen-bond acceptors (Lipinski definition) is 4. The van der Waals surface area contributed by atoms with Crippen LogP contribution in [0, 0.1) is 5.92 Å². The Morgan fingerprint density at radius 1 is 1.03 bits per heavy atom. The number of piperidine rings is 1. The summed E-state index contributed by atoms with van der Waals surface area (Å²) in [6, 6.07) is 14.3. The number of morpholine rings is 1. The van der Waals surface area contributed by atoms with Gasteiger partial charge in [0, 0.05) is 19.6 Å². The van der Waals surface area contributed by atoms with Crippen LogP contribution in [0.4, 0.5) is 13.2 Å². The van der Waals surface area contributed by atoms with E-state index in [0.29, 0.717) is 39.3 Å². The Morgan fingerprint density at radius 3 is 2.39 bits per heavy atom. The van der Waals surface area contributed by atoms with Crippen molar-refractivity contribution in [2.75, 3.05) is 38.6 Å². The van der Waals surface area contributed by atoms with E-state index in [4.69, 9.17) is 4.74 Å². The first-order chi connectivity index (χ1) is 15.7. The Bertz CT molecular complexity index is 1010. The van der Waals surface area contributed by atoms with Crippen molar-refractivity contribution in [3.8, 4) is 0 Å². The molecular weight excluding hydrogens is 453 g/mol. The van der Waals surface area contributed by atoms with Gasteiger partial charge >= 0.3 is 6.18 Å². The minimum Gasteiger partial charge on any atom is -0.377 e. The summed E-state index contributed by atoms with van der Waals surface area (Å²) >= 11 is 0. The predicted molar refractivity (Wildman–Crippen MR) is 119 cm³/mol. The third kappa shape index (κ3) is 6.56. The summed E-state index contributed by atoms with van der Waals surface area (Å²) in [6.45, 7) is 2.79. The number of nitrogens with zero attached hydrogens (tertiary/aromatic N) is 2. The van der Waals surface area contributed by atoms with E-state index in [1.165, 1.54) is 12.1 Å². The van der Waals surface area contributed by atoms with E-state index in [0.717, 1.165) is 23.3 Å². The average Bonchev–Trinajstić information content (AvgIpc) is 2.79. The molecule has 2 fully saturated rings. The van der Waals surface area contributed by atoms with Crippen molar-refractivity contribution < 1.29 is 26.3 Å². The van der Waals surface area contributed by atoms with E-state index < -0.39 is 21.6 Å². The van der Waals surface area contributed by atoms with E-state index in [1.807, 2.05) is 18.2 Å². The third-order valence-electron chi connectivity index (χ3n) is 6.26. The average molecular weight is 482 g/mol. The number of hydrogen-bond donors (Lipinski definition) is 0. The van der Waals surface area contributed by atoms with Gasteiger partial charge in [0.25, 0.3) is 0 Å². The molecule has 0 saturated carbocycles. The molecule has 33 heavy (non-hydrogen) atoms. The van der Waals surface area contributed by atoms with Crippen LogP contribution >= 0.6 is 0 Å². The topological polar surface area (TPSA) is 60.7 Å². The number of benzene rings is 2. The molecule has 0 bridgehead atoms. The third-order valence-corrected chi connectivity index (χ3v) is 8.01. The maximum absolute atomic E-state index is 13.0. The van der Waals surface area contributed by atoms with E-state index in [9.17, 15) is 21.6 Å². The lowest BCUT2D eigenvalue weighted by Crippen LogP contribution is -2.54. The number of halogens is 3. The molecule has 179 valence electrons. The highest BCUT2D eigenvalue weighted by molar-refractivity contribution is 7.90. The van der Waals surface area contributed by atoms with Gasteiger partial charge in [-0.25, -0.2) is 13.7 Å². The molecule has 0 aliphatic carbocycles. The van der Waals surface area contributed by atoms with Crippen molar-refractivity contribution in [3.63, 3.8) is 0 Å². The van der Waals surface area contributed by atoms with Crippen molar-refractivity contribution >= 4 is 9.84 Å². The van der Waals surface area contributed by atoms with Gasteiger partial charge in [0.05, 0.1) is 36.4 Å². The van der Waals surface area contributed by atoms with Crippen LogP contribution in [0.25, 0.3) is 0 Å². The molecule has 3 atom stereocenters. The monoisotopic (exact) mass is 481 g/mol. The van der Waals surface area contributed by atoms with Gasteiger partial charge in [-0.05, 0) is 41.5 Å². The zero-order chi connectivity index (χ0) is 23.5. The normalized spacial score (nSPS) is 25.1. The Hall–Kier alpha value is -1.94. The first-order valence-corrected chi connectivity index (χ1v) is 12.9. The quantitative estimate of drug-likeness (QED) is 0.632. The second-order valence-corrected chi connectivity index (χ2v) is 11.0. The number of rotatable bonds is 6. The van der Waals surface area contributed by atoms with Gasteiger partial charge in [-0.3, -0.25) is 4.90 Å². The molecule has 2 aromatic rings. The van der Waals surface area contributed by atoms with Crippen molar-refractivity contribution in [2.45, 2.75) is 30.4 Å².